The van der Waals surface area contributed by atoms with Gasteiger partial charge in [-0.05, 0) is 55.3 Å². The summed E-state index contributed by atoms with van der Waals surface area (Å²) in [7, 11) is 0. The van der Waals surface area contributed by atoms with Crippen molar-refractivity contribution >= 4 is 11.6 Å². The molecule has 1 aromatic heterocycles. The van der Waals surface area contributed by atoms with Gasteiger partial charge >= 0.3 is 0 Å². The van der Waals surface area contributed by atoms with Crippen LogP contribution in [0.1, 0.15) is 25.1 Å². The average Bonchev–Trinajstić information content (AvgIpc) is 2.77. The Morgan fingerprint density at radius 2 is 2.05 bits per heavy atom. The maximum absolute atomic E-state index is 6.01. The highest BCUT2D eigenvalue weighted by Crippen LogP contribution is 2.21. The van der Waals surface area contributed by atoms with Crippen molar-refractivity contribution in [2.75, 3.05) is 6.54 Å². The van der Waals surface area contributed by atoms with E-state index in [-0.39, 0.29) is 0 Å². The lowest BCUT2D eigenvalue weighted by Crippen LogP contribution is -2.20. The number of nitrogens with one attached hydrogen (secondary N) is 1. The minimum absolute atomic E-state index is 0.667. The fourth-order valence-electron chi connectivity index (χ4n) is 2.17. The summed E-state index contributed by atoms with van der Waals surface area (Å²) in [5, 5.41) is 4.27. The molecule has 1 heterocycles. The van der Waals surface area contributed by atoms with Crippen LogP contribution in [-0.2, 0) is 6.54 Å². The van der Waals surface area contributed by atoms with E-state index in [9.17, 15) is 0 Å². The van der Waals surface area contributed by atoms with Crippen LogP contribution in [0.4, 0.5) is 0 Å². The molecule has 0 fully saturated rings. The van der Waals surface area contributed by atoms with Crippen molar-refractivity contribution < 1.29 is 0 Å². The highest BCUT2D eigenvalue weighted by molar-refractivity contribution is 6.30. The minimum Gasteiger partial charge on any atom is -0.319 e. The molecule has 1 aromatic carbocycles. The van der Waals surface area contributed by atoms with Crippen LogP contribution in [0.3, 0.4) is 0 Å². The van der Waals surface area contributed by atoms with Crippen molar-refractivity contribution in [2.24, 2.45) is 5.92 Å². The number of aryl methyl sites for hydroxylation is 1. The van der Waals surface area contributed by atoms with Crippen LogP contribution in [0.2, 0.25) is 5.02 Å². The van der Waals surface area contributed by atoms with E-state index in [0.717, 1.165) is 18.1 Å². The standard InChI is InChI=1S/C16H21ClN2/c1-12(2)10-18-11-15-5-4-8-19(15)16-7-6-14(17)9-13(16)3/h4-9,12,18H,10-11H2,1-3H3. The molecule has 19 heavy (non-hydrogen) atoms. The molecule has 0 amide bonds. The summed E-state index contributed by atoms with van der Waals surface area (Å²) in [5.41, 5.74) is 3.65. The second-order valence-electron chi connectivity index (χ2n) is 5.33. The largest absolute Gasteiger partial charge is 0.319 e. The molecule has 0 radical (unpaired) electrons. The Hall–Kier alpha value is -1.25. The molecule has 0 aliphatic heterocycles. The fraction of sp³-hybridized carbons (Fsp3) is 0.375. The molecule has 102 valence electrons. The first kappa shape index (κ1) is 14.2. The second kappa shape index (κ2) is 6.27. The van der Waals surface area contributed by atoms with Crippen molar-refractivity contribution in [3.8, 4) is 5.69 Å². The van der Waals surface area contributed by atoms with E-state index in [1.165, 1.54) is 16.9 Å². The van der Waals surface area contributed by atoms with Crippen molar-refractivity contribution in [1.82, 2.24) is 9.88 Å². The molecule has 2 nitrogen and oxygen atoms in total. The third-order valence-corrected chi connectivity index (χ3v) is 3.35. The lowest BCUT2D eigenvalue weighted by Gasteiger charge is -2.13. The van der Waals surface area contributed by atoms with Gasteiger partial charge < -0.3 is 9.88 Å². The molecule has 0 saturated heterocycles. The number of halogens is 1. The predicted molar refractivity (Wildman–Crippen MR) is 82.1 cm³/mol. The summed E-state index contributed by atoms with van der Waals surface area (Å²) in [5.74, 6) is 0.667. The van der Waals surface area contributed by atoms with E-state index < -0.39 is 0 Å². The number of rotatable bonds is 5. The van der Waals surface area contributed by atoms with Crippen LogP contribution < -0.4 is 5.32 Å². The molecular formula is C16H21ClN2. The van der Waals surface area contributed by atoms with Gasteiger partial charge in [0.2, 0.25) is 0 Å². The van der Waals surface area contributed by atoms with Gasteiger partial charge in [-0.25, -0.2) is 0 Å². The number of aromatic nitrogens is 1. The Bertz CT molecular complexity index is 543. The van der Waals surface area contributed by atoms with Crippen molar-refractivity contribution in [3.05, 3.63) is 52.8 Å². The van der Waals surface area contributed by atoms with Gasteiger partial charge in [0.25, 0.3) is 0 Å². The molecule has 1 N–H and O–H groups in total. The summed E-state index contributed by atoms with van der Waals surface area (Å²) < 4.78 is 2.22. The molecule has 0 bridgehead atoms. The predicted octanol–water partition coefficient (Wildman–Crippen LogP) is 4.18. The van der Waals surface area contributed by atoms with Crippen LogP contribution in [0.5, 0.6) is 0 Å². The van der Waals surface area contributed by atoms with Gasteiger partial charge in [-0.3, -0.25) is 0 Å². The molecule has 0 saturated carbocycles. The molecule has 0 spiro atoms. The summed E-state index contributed by atoms with van der Waals surface area (Å²) >= 11 is 6.01. The number of nitrogens with zero attached hydrogens (tertiary/aromatic N) is 1. The summed E-state index contributed by atoms with van der Waals surface area (Å²) in [6.45, 7) is 8.44. The lowest BCUT2D eigenvalue weighted by atomic mass is 10.2. The Balaban J connectivity index is 2.19. The highest BCUT2D eigenvalue weighted by atomic mass is 35.5. The Labute approximate surface area is 120 Å². The zero-order valence-electron chi connectivity index (χ0n) is 11.8. The third kappa shape index (κ3) is 3.62. The van der Waals surface area contributed by atoms with Gasteiger partial charge in [0.05, 0.1) is 0 Å². The van der Waals surface area contributed by atoms with E-state index in [4.69, 9.17) is 11.6 Å². The third-order valence-electron chi connectivity index (χ3n) is 3.11. The van der Waals surface area contributed by atoms with E-state index in [2.05, 4.69) is 55.1 Å². The van der Waals surface area contributed by atoms with Crippen LogP contribution in [0.25, 0.3) is 5.69 Å². The van der Waals surface area contributed by atoms with Gasteiger partial charge in [-0.2, -0.15) is 0 Å². The quantitative estimate of drug-likeness (QED) is 0.867. The van der Waals surface area contributed by atoms with Crippen LogP contribution in [-0.4, -0.2) is 11.1 Å². The number of hydrogen-bond donors (Lipinski definition) is 1. The monoisotopic (exact) mass is 276 g/mol. The first-order chi connectivity index (χ1) is 9.08. The summed E-state index contributed by atoms with van der Waals surface area (Å²) in [6, 6.07) is 10.3. The number of benzene rings is 1. The normalized spacial score (nSPS) is 11.2. The number of hydrogen-bond acceptors (Lipinski definition) is 1. The zero-order chi connectivity index (χ0) is 13.8. The van der Waals surface area contributed by atoms with Crippen molar-refractivity contribution in [3.63, 3.8) is 0 Å². The van der Waals surface area contributed by atoms with Crippen LogP contribution in [0.15, 0.2) is 36.5 Å². The van der Waals surface area contributed by atoms with Crippen molar-refractivity contribution in [1.29, 1.82) is 0 Å². The summed E-state index contributed by atoms with van der Waals surface area (Å²) in [4.78, 5) is 0. The minimum atomic E-state index is 0.667. The maximum atomic E-state index is 6.01. The lowest BCUT2D eigenvalue weighted by molar-refractivity contribution is 0.545. The van der Waals surface area contributed by atoms with Gasteiger partial charge in [-0.1, -0.05) is 25.4 Å². The molecular weight excluding hydrogens is 256 g/mol. The van der Waals surface area contributed by atoms with Crippen LogP contribution >= 0.6 is 11.6 Å². The first-order valence-corrected chi connectivity index (χ1v) is 7.09. The molecule has 0 aliphatic carbocycles. The average molecular weight is 277 g/mol. The molecule has 0 atom stereocenters. The Morgan fingerprint density at radius 3 is 2.74 bits per heavy atom. The van der Waals surface area contributed by atoms with E-state index in [0.29, 0.717) is 5.92 Å². The Kier molecular flexibility index (Phi) is 4.67. The smallest absolute Gasteiger partial charge is 0.0483 e. The first-order valence-electron chi connectivity index (χ1n) is 6.71. The molecule has 0 aliphatic rings. The van der Waals surface area contributed by atoms with E-state index >= 15 is 0 Å². The molecule has 2 aromatic rings. The van der Waals surface area contributed by atoms with Gasteiger partial charge in [0, 0.05) is 29.1 Å². The maximum Gasteiger partial charge on any atom is 0.0483 e. The van der Waals surface area contributed by atoms with Gasteiger partial charge in [-0.15, -0.1) is 0 Å². The van der Waals surface area contributed by atoms with E-state index in [1.807, 2.05) is 12.1 Å². The Morgan fingerprint density at radius 1 is 1.26 bits per heavy atom. The molecule has 0 unspecified atom stereocenters. The second-order valence-corrected chi connectivity index (χ2v) is 5.76. The van der Waals surface area contributed by atoms with Gasteiger partial charge in [0.1, 0.15) is 0 Å². The SMILES string of the molecule is Cc1cc(Cl)ccc1-n1cccc1CNCC(C)C. The molecule has 3 heteroatoms. The summed E-state index contributed by atoms with van der Waals surface area (Å²) in [6.07, 6.45) is 2.10. The van der Waals surface area contributed by atoms with E-state index in [1.54, 1.807) is 0 Å². The topological polar surface area (TPSA) is 17.0 Å². The zero-order valence-corrected chi connectivity index (χ0v) is 12.5. The molecule has 2 rings (SSSR count). The van der Waals surface area contributed by atoms with Crippen molar-refractivity contribution in [2.45, 2.75) is 27.3 Å². The van der Waals surface area contributed by atoms with Gasteiger partial charge in [0.15, 0.2) is 0 Å². The highest BCUT2D eigenvalue weighted by Gasteiger charge is 2.06. The fourth-order valence-corrected chi connectivity index (χ4v) is 2.40. The van der Waals surface area contributed by atoms with Crippen LogP contribution in [0, 0.1) is 12.8 Å².